The van der Waals surface area contributed by atoms with Crippen LogP contribution in [0.4, 0.5) is 11.4 Å². The molecule has 0 spiro atoms. The van der Waals surface area contributed by atoms with Crippen LogP contribution < -0.4 is 10.6 Å². The molecule has 0 aliphatic carbocycles. The predicted molar refractivity (Wildman–Crippen MR) is 117 cm³/mol. The quantitative estimate of drug-likeness (QED) is 0.492. The number of carbonyl (C=O) groups is 2. The second kappa shape index (κ2) is 9.32. The summed E-state index contributed by atoms with van der Waals surface area (Å²) in [6.45, 7) is 0. The first-order valence-electron chi connectivity index (χ1n) is 8.61. The molecule has 0 saturated heterocycles. The van der Waals surface area contributed by atoms with Gasteiger partial charge in [0, 0.05) is 21.4 Å². The third kappa shape index (κ3) is 5.65. The maximum absolute atomic E-state index is 12.3. The first kappa shape index (κ1) is 19.1. The number of benzene rings is 3. The fourth-order valence-corrected chi connectivity index (χ4v) is 3.24. The molecule has 136 valence electrons. The van der Waals surface area contributed by atoms with E-state index >= 15 is 0 Å². The first-order chi connectivity index (χ1) is 13.1. The van der Waals surface area contributed by atoms with Crippen molar-refractivity contribution in [2.24, 2.45) is 0 Å². The summed E-state index contributed by atoms with van der Waals surface area (Å²) in [6, 6.07) is 24.5. The lowest BCUT2D eigenvalue weighted by atomic mass is 10.1. The monoisotopic (exact) mass is 470 g/mol. The van der Waals surface area contributed by atoms with E-state index in [0.29, 0.717) is 29.8 Å². The highest BCUT2D eigenvalue weighted by Gasteiger charge is 2.09. The van der Waals surface area contributed by atoms with E-state index in [1.807, 2.05) is 48.5 Å². The standard InChI is InChI=1S/C22H19IN2O2/c23-20-9-5-4-8-19(20)22(27)25-18-13-11-17(12-14-18)24-21(26)15-10-16-6-2-1-3-7-16/h1-9,11-14H,10,15H2,(H,24,26)(H,25,27). The maximum Gasteiger partial charge on any atom is 0.256 e. The van der Waals surface area contributed by atoms with E-state index in [-0.39, 0.29) is 11.8 Å². The van der Waals surface area contributed by atoms with Crippen molar-refractivity contribution in [3.63, 3.8) is 0 Å². The number of amides is 2. The molecule has 5 heteroatoms. The molecule has 0 aliphatic heterocycles. The Bertz CT molecular complexity index is 925. The van der Waals surface area contributed by atoms with Crippen molar-refractivity contribution in [3.05, 3.63) is 93.6 Å². The van der Waals surface area contributed by atoms with Crippen LogP contribution in [-0.2, 0) is 11.2 Å². The molecule has 0 aromatic heterocycles. The molecule has 0 fully saturated rings. The Morgan fingerprint density at radius 3 is 2.00 bits per heavy atom. The van der Waals surface area contributed by atoms with Crippen molar-refractivity contribution in [3.8, 4) is 0 Å². The zero-order chi connectivity index (χ0) is 19.1. The SMILES string of the molecule is O=C(CCc1ccccc1)Nc1ccc(NC(=O)c2ccccc2I)cc1. The van der Waals surface area contributed by atoms with E-state index in [2.05, 4.69) is 33.2 Å². The number of halogens is 1. The molecule has 3 rings (SSSR count). The minimum absolute atomic E-state index is 0.0329. The number of aryl methyl sites for hydroxylation is 1. The molecule has 0 unspecified atom stereocenters. The van der Waals surface area contributed by atoms with E-state index in [0.717, 1.165) is 9.13 Å². The van der Waals surface area contributed by atoms with Gasteiger partial charge in [0.25, 0.3) is 5.91 Å². The van der Waals surface area contributed by atoms with Crippen molar-refractivity contribution >= 4 is 45.8 Å². The Morgan fingerprint density at radius 2 is 1.33 bits per heavy atom. The average molecular weight is 470 g/mol. The van der Waals surface area contributed by atoms with Gasteiger partial charge in [0.15, 0.2) is 0 Å². The number of hydrogen-bond acceptors (Lipinski definition) is 2. The molecule has 0 saturated carbocycles. The van der Waals surface area contributed by atoms with Crippen LogP contribution >= 0.6 is 22.6 Å². The average Bonchev–Trinajstić information content (AvgIpc) is 2.69. The fourth-order valence-electron chi connectivity index (χ4n) is 2.61. The maximum atomic E-state index is 12.3. The van der Waals surface area contributed by atoms with Crippen LogP contribution in [0.5, 0.6) is 0 Å². The van der Waals surface area contributed by atoms with Gasteiger partial charge in [0.1, 0.15) is 0 Å². The second-order valence-corrected chi connectivity index (χ2v) is 7.21. The normalized spacial score (nSPS) is 10.3. The Kier molecular flexibility index (Phi) is 6.59. The molecular formula is C22H19IN2O2. The highest BCUT2D eigenvalue weighted by molar-refractivity contribution is 14.1. The largest absolute Gasteiger partial charge is 0.326 e. The minimum Gasteiger partial charge on any atom is -0.326 e. The molecule has 0 bridgehead atoms. The molecule has 3 aromatic rings. The summed E-state index contributed by atoms with van der Waals surface area (Å²) in [5.41, 5.74) is 3.17. The highest BCUT2D eigenvalue weighted by atomic mass is 127. The lowest BCUT2D eigenvalue weighted by Gasteiger charge is -2.09. The van der Waals surface area contributed by atoms with E-state index < -0.39 is 0 Å². The van der Waals surface area contributed by atoms with E-state index in [9.17, 15) is 9.59 Å². The van der Waals surface area contributed by atoms with E-state index in [1.54, 1.807) is 30.3 Å². The van der Waals surface area contributed by atoms with Gasteiger partial charge in [-0.05, 0) is 71.0 Å². The molecular weight excluding hydrogens is 451 g/mol. The van der Waals surface area contributed by atoms with Crippen LogP contribution in [-0.4, -0.2) is 11.8 Å². The summed E-state index contributed by atoms with van der Waals surface area (Å²) in [7, 11) is 0. The second-order valence-electron chi connectivity index (χ2n) is 6.05. The van der Waals surface area contributed by atoms with Crippen molar-refractivity contribution in [1.29, 1.82) is 0 Å². The molecule has 4 nitrogen and oxygen atoms in total. The predicted octanol–water partition coefficient (Wildman–Crippen LogP) is 5.11. The third-order valence-corrected chi connectivity index (χ3v) is 4.97. The Hall–Kier alpha value is -2.67. The first-order valence-corrected chi connectivity index (χ1v) is 9.69. The molecule has 2 N–H and O–H groups in total. The van der Waals surface area contributed by atoms with Gasteiger partial charge in [-0.25, -0.2) is 0 Å². The number of hydrogen-bond donors (Lipinski definition) is 2. The van der Waals surface area contributed by atoms with Gasteiger partial charge in [0.05, 0.1) is 5.56 Å². The van der Waals surface area contributed by atoms with Gasteiger partial charge < -0.3 is 10.6 Å². The van der Waals surface area contributed by atoms with Gasteiger partial charge >= 0.3 is 0 Å². The van der Waals surface area contributed by atoms with E-state index in [4.69, 9.17) is 0 Å². The number of anilines is 2. The van der Waals surface area contributed by atoms with Gasteiger partial charge in [-0.3, -0.25) is 9.59 Å². The van der Waals surface area contributed by atoms with Crippen molar-refractivity contribution in [2.75, 3.05) is 10.6 Å². The molecule has 27 heavy (non-hydrogen) atoms. The number of rotatable bonds is 6. The summed E-state index contributed by atoms with van der Waals surface area (Å²) >= 11 is 2.14. The Labute approximate surface area is 172 Å². The topological polar surface area (TPSA) is 58.2 Å². The fraction of sp³-hybridized carbons (Fsp3) is 0.0909. The van der Waals surface area contributed by atoms with Gasteiger partial charge in [-0.15, -0.1) is 0 Å². The molecule has 0 heterocycles. The minimum atomic E-state index is -0.153. The molecule has 0 aliphatic rings. The Balaban J connectivity index is 1.53. The third-order valence-electron chi connectivity index (χ3n) is 4.03. The van der Waals surface area contributed by atoms with Crippen LogP contribution in [0.1, 0.15) is 22.3 Å². The lowest BCUT2D eigenvalue weighted by molar-refractivity contribution is -0.116. The zero-order valence-corrected chi connectivity index (χ0v) is 16.8. The smallest absolute Gasteiger partial charge is 0.256 e. The van der Waals surface area contributed by atoms with Crippen LogP contribution in [0.25, 0.3) is 0 Å². The number of nitrogens with one attached hydrogen (secondary N) is 2. The lowest BCUT2D eigenvalue weighted by Crippen LogP contribution is -2.14. The van der Waals surface area contributed by atoms with Crippen molar-refractivity contribution in [1.82, 2.24) is 0 Å². The van der Waals surface area contributed by atoms with Crippen LogP contribution in [0.2, 0.25) is 0 Å². The number of carbonyl (C=O) groups excluding carboxylic acids is 2. The van der Waals surface area contributed by atoms with Crippen molar-refractivity contribution < 1.29 is 9.59 Å². The molecule has 2 amide bonds. The molecule has 0 atom stereocenters. The zero-order valence-electron chi connectivity index (χ0n) is 14.6. The summed E-state index contributed by atoms with van der Waals surface area (Å²) < 4.78 is 0.898. The summed E-state index contributed by atoms with van der Waals surface area (Å²) in [5, 5.41) is 5.75. The van der Waals surface area contributed by atoms with Crippen LogP contribution in [0.3, 0.4) is 0 Å². The molecule has 0 radical (unpaired) electrons. The van der Waals surface area contributed by atoms with Crippen LogP contribution in [0, 0.1) is 3.57 Å². The van der Waals surface area contributed by atoms with Crippen LogP contribution in [0.15, 0.2) is 78.9 Å². The van der Waals surface area contributed by atoms with Gasteiger partial charge in [-0.2, -0.15) is 0 Å². The Morgan fingerprint density at radius 1 is 0.741 bits per heavy atom. The van der Waals surface area contributed by atoms with Gasteiger partial charge in [0.2, 0.25) is 5.91 Å². The van der Waals surface area contributed by atoms with Gasteiger partial charge in [-0.1, -0.05) is 42.5 Å². The summed E-state index contributed by atoms with van der Waals surface area (Å²) in [4.78, 5) is 24.4. The summed E-state index contributed by atoms with van der Waals surface area (Å²) in [5.74, 6) is -0.186. The van der Waals surface area contributed by atoms with E-state index in [1.165, 1.54) is 0 Å². The molecule has 3 aromatic carbocycles. The van der Waals surface area contributed by atoms with Crippen molar-refractivity contribution in [2.45, 2.75) is 12.8 Å². The highest BCUT2D eigenvalue weighted by Crippen LogP contribution is 2.17. The summed E-state index contributed by atoms with van der Waals surface area (Å²) in [6.07, 6.45) is 1.13.